The first kappa shape index (κ1) is 63.7. The first-order valence-electron chi connectivity index (χ1n) is 24.6. The largest absolute Gasteiger partial charge is 0.494 e. The fourth-order valence-corrected chi connectivity index (χ4v) is 11.5. The van der Waals surface area contributed by atoms with Crippen LogP contribution in [0.1, 0.15) is 5.56 Å². The van der Waals surface area contributed by atoms with Gasteiger partial charge in [0.25, 0.3) is 40.5 Å². The molecule has 0 radical (unpaired) electrons. The predicted octanol–water partition coefficient (Wildman–Crippen LogP) is 9.09. The molecule has 0 aliphatic carbocycles. The van der Waals surface area contributed by atoms with Crippen LogP contribution in [0.5, 0.6) is 11.5 Å². The van der Waals surface area contributed by atoms with Crippen molar-refractivity contribution in [2.24, 2.45) is 50.4 Å². The monoisotopic (exact) mass is 1330 g/mol. The zero-order chi connectivity index (χ0) is 64.2. The number of methoxy groups -OCH3 is 4. The number of rotatable bonds is 18. The number of aromatic nitrogens is 6. The summed E-state index contributed by atoms with van der Waals surface area (Å²) in [4.78, 5) is 44.4. The molecule has 9 rings (SSSR count). The van der Waals surface area contributed by atoms with Gasteiger partial charge in [-0.1, -0.05) is 30.3 Å². The van der Waals surface area contributed by atoms with E-state index in [2.05, 4.69) is 80.3 Å². The molecule has 0 atom stereocenters. The molecule has 38 heteroatoms. The van der Waals surface area contributed by atoms with Gasteiger partial charge in [0.1, 0.15) is 53.8 Å². The number of fused-ring (bicyclic) bond motifs is 2. The van der Waals surface area contributed by atoms with Gasteiger partial charge in [-0.25, -0.2) is 30.0 Å². The summed E-state index contributed by atoms with van der Waals surface area (Å²) in [5.41, 5.74) is 0.766. The third-order valence-electron chi connectivity index (χ3n) is 12.0. The third-order valence-corrected chi connectivity index (χ3v) is 15.9. The standard InChI is InChI=1S/C51H42Cl2N16O16S4/c1-25-12-13-32(56-48-60-46(52)62-50(64-48)58-38-19-33(54-23-82-2)36(21-40(38)84-4)68-66-26-15-30-28(44(17-26)88(76,77)78)8-6-10-42(30)86(70,71)72)35(14-25)57-49-61-47(53)63-51(65-49)59-39-20-34(55-24-83-3)37(22-41(39)85-5)69-67-27-16-31-29(45(18-27)89(79,80)81)9-7-11-43(31)87(73,74)75/h6-24H,1-5H3,(H,70,71,72)(H,73,74,75)(H,76,77,78)(H,79,80,81)(H2,56,58,60,62,64)(H2,57,59,61,63,65). The van der Waals surface area contributed by atoms with Gasteiger partial charge < -0.3 is 28.9 Å². The number of nitrogens with zero attached hydrogens (tertiary/aromatic N) is 12. The maximum Gasteiger partial charge on any atom is 0.295 e. The van der Waals surface area contributed by atoms with E-state index in [4.69, 9.17) is 42.1 Å². The van der Waals surface area contributed by atoms with Crippen LogP contribution in [-0.4, -0.2) is 123 Å². The van der Waals surface area contributed by atoms with Crippen molar-refractivity contribution >= 4 is 155 Å². The van der Waals surface area contributed by atoms with E-state index in [1.165, 1.54) is 77.0 Å². The molecule has 9 aromatic rings. The summed E-state index contributed by atoms with van der Waals surface area (Å²) in [5, 5.41) is 15.3. The summed E-state index contributed by atoms with van der Waals surface area (Å²) >= 11 is 13.0. The number of aromatic amines is 4. The molecule has 7 aromatic carbocycles. The van der Waals surface area contributed by atoms with Gasteiger partial charge in [-0.3, -0.25) is 28.2 Å². The van der Waals surface area contributed by atoms with Crippen molar-refractivity contribution < 1.29 is 70.8 Å². The Morgan fingerprint density at radius 3 is 1.24 bits per heavy atom. The average Bonchev–Trinajstić information content (AvgIpc) is 1.15. The highest BCUT2D eigenvalue weighted by atomic mass is 35.5. The van der Waals surface area contributed by atoms with Crippen molar-refractivity contribution in [1.82, 2.24) is 29.9 Å². The molecular weight excluding hydrogens is 1290 g/mol. The van der Waals surface area contributed by atoms with Crippen LogP contribution < -0.4 is 31.9 Å². The van der Waals surface area contributed by atoms with Crippen molar-refractivity contribution in [2.45, 2.75) is 26.5 Å². The van der Waals surface area contributed by atoms with Crippen molar-refractivity contribution in [2.75, 3.05) is 28.4 Å². The molecule has 0 unspecified atom stereocenters. The molecule has 0 fully saturated rings. The quantitative estimate of drug-likeness (QED) is 0.0172. The van der Waals surface area contributed by atoms with Crippen molar-refractivity contribution in [3.63, 3.8) is 0 Å². The molecule has 0 aliphatic rings. The Labute approximate surface area is 511 Å². The van der Waals surface area contributed by atoms with Gasteiger partial charge in [0.15, 0.2) is 12.8 Å². The number of ether oxygens (including phenoxy) is 4. The highest BCUT2D eigenvalue weighted by molar-refractivity contribution is 7.87. The zero-order valence-corrected chi connectivity index (χ0v) is 50.7. The van der Waals surface area contributed by atoms with Crippen LogP contribution in [0, 0.1) is 6.92 Å². The lowest BCUT2D eigenvalue weighted by Crippen LogP contribution is -2.27. The fraction of sp³-hybridized carbons (Fsp3) is 0.0980. The maximum absolute atomic E-state index is 12.5. The van der Waals surface area contributed by atoms with Crippen LogP contribution in [0.3, 0.4) is 0 Å². The van der Waals surface area contributed by atoms with E-state index in [1.807, 2.05) is 0 Å². The Kier molecular flexibility index (Phi) is 18.5. The van der Waals surface area contributed by atoms with Crippen molar-refractivity contribution in [3.8, 4) is 11.5 Å². The molecule has 0 bridgehead atoms. The summed E-state index contributed by atoms with van der Waals surface area (Å²) < 4.78 is 160. The van der Waals surface area contributed by atoms with Crippen LogP contribution >= 0.6 is 23.2 Å². The molecule has 0 spiro atoms. The molecule has 32 nitrogen and oxygen atoms in total. The molecule has 89 heavy (non-hydrogen) atoms. The van der Waals surface area contributed by atoms with Crippen LogP contribution in [0.25, 0.3) is 21.5 Å². The molecule has 0 amide bonds. The minimum Gasteiger partial charge on any atom is -0.494 e. The Balaban J connectivity index is 1.08. The maximum atomic E-state index is 12.5. The number of hydrogen-bond acceptors (Lipinski definition) is 24. The van der Waals surface area contributed by atoms with Gasteiger partial charge in [0.2, 0.25) is 33.0 Å². The van der Waals surface area contributed by atoms with Gasteiger partial charge in [-0.2, -0.15) is 53.9 Å². The Bertz CT molecular complexity index is 5290. The molecule has 0 saturated carbocycles. The summed E-state index contributed by atoms with van der Waals surface area (Å²) in [6.45, 7) is 1.80. The number of H-pyrrole nitrogens is 4. The third kappa shape index (κ3) is 15.2. The molecule has 0 saturated heterocycles. The second-order valence-corrected chi connectivity index (χ2v) is 24.2. The molecule has 460 valence electrons. The van der Waals surface area contributed by atoms with Gasteiger partial charge in [0, 0.05) is 33.7 Å². The van der Waals surface area contributed by atoms with E-state index < -0.39 is 60.1 Å². The summed E-state index contributed by atoms with van der Waals surface area (Å²) in [7, 11) is -14.4. The SMILES string of the molecule is COC=Nc1cc(N=c2[nH]c(Cl)nc(=Nc3ccc(C)cc3N=c3nc(Cl)[nH]c(=Nc4cc(N=COC)c(N=Nc5cc(S(=O)(=O)O)c6cccc(S(=O)(=O)O)c6c5)cc4OC)[nH]3)[nH]2)c(OC)cc1N=Nc1cc(S(=O)(=O)O)c2cccc(S(=O)(=O)O)c2c1. The first-order valence-corrected chi connectivity index (χ1v) is 31.1. The van der Waals surface area contributed by atoms with E-state index in [1.54, 1.807) is 25.1 Å². The second kappa shape index (κ2) is 25.9. The van der Waals surface area contributed by atoms with E-state index in [0.717, 1.165) is 54.8 Å². The van der Waals surface area contributed by atoms with Crippen LogP contribution in [0.2, 0.25) is 10.6 Å². The molecular formula is C51H42Cl2N16O16S4. The molecule has 2 aromatic heterocycles. The van der Waals surface area contributed by atoms with E-state index in [-0.39, 0.29) is 123 Å². The van der Waals surface area contributed by atoms with E-state index in [0.29, 0.717) is 0 Å². The predicted molar refractivity (Wildman–Crippen MR) is 320 cm³/mol. The van der Waals surface area contributed by atoms with Gasteiger partial charge in [0.05, 0.1) is 62.6 Å². The minimum absolute atomic E-state index is 0.00841. The lowest BCUT2D eigenvalue weighted by Gasteiger charge is -2.09. The summed E-state index contributed by atoms with van der Waals surface area (Å²) in [6.07, 6.45) is 2.13. The lowest BCUT2D eigenvalue weighted by atomic mass is 10.1. The Morgan fingerprint density at radius 2 is 0.843 bits per heavy atom. The Morgan fingerprint density at radius 1 is 0.427 bits per heavy atom. The number of halogens is 2. The number of aliphatic imine (C=N–C) groups is 2. The normalized spacial score (nSPS) is 13.6. The van der Waals surface area contributed by atoms with Gasteiger partial charge >= 0.3 is 0 Å². The summed E-state index contributed by atoms with van der Waals surface area (Å²) in [5.74, 6) is 0.142. The number of benzene rings is 7. The van der Waals surface area contributed by atoms with Crippen molar-refractivity contribution in [3.05, 3.63) is 142 Å². The fourth-order valence-electron chi connectivity index (χ4n) is 8.29. The van der Waals surface area contributed by atoms with E-state index in [9.17, 15) is 51.9 Å². The molecule has 2 heterocycles. The molecule has 8 N–H and O–H groups in total. The Hall–Kier alpha value is -9.76. The topological polar surface area (TPSA) is 467 Å². The first-order chi connectivity index (χ1) is 42.1. The van der Waals surface area contributed by atoms with Crippen LogP contribution in [-0.2, 0) is 49.9 Å². The number of hydrogen-bond donors (Lipinski definition) is 8. The highest BCUT2D eigenvalue weighted by Gasteiger charge is 2.24. The number of nitrogens with one attached hydrogen (secondary N) is 4. The minimum atomic E-state index is -4.97. The average molecular weight is 1330 g/mol. The molecule has 0 aliphatic heterocycles. The number of aryl methyl sites for hydroxylation is 1. The number of azo groups is 2. The van der Waals surface area contributed by atoms with Crippen LogP contribution in [0.4, 0.5) is 56.9 Å². The highest BCUT2D eigenvalue weighted by Crippen LogP contribution is 2.43. The van der Waals surface area contributed by atoms with E-state index >= 15 is 0 Å². The zero-order valence-electron chi connectivity index (χ0n) is 45.9. The van der Waals surface area contributed by atoms with Crippen molar-refractivity contribution in [1.29, 1.82) is 0 Å². The van der Waals surface area contributed by atoms with Gasteiger partial charge in [-0.05, 0) is 96.4 Å². The van der Waals surface area contributed by atoms with Crippen LogP contribution in [0.15, 0.2) is 173 Å². The smallest absolute Gasteiger partial charge is 0.295 e. The second-order valence-electron chi connectivity index (χ2n) is 17.9. The lowest BCUT2D eigenvalue weighted by molar-refractivity contribution is 0.416. The summed E-state index contributed by atoms with van der Waals surface area (Å²) in [6, 6.07) is 21.7. The van der Waals surface area contributed by atoms with Gasteiger partial charge in [-0.15, -0.1) is 10.2 Å².